The molecular formula is C16H17N3O5. The summed E-state index contributed by atoms with van der Waals surface area (Å²) in [6, 6.07) is 7.98. The van der Waals surface area contributed by atoms with E-state index in [1.807, 2.05) is 4.90 Å². The number of nitro benzene ring substituents is 1. The van der Waals surface area contributed by atoms with Gasteiger partial charge in [0.05, 0.1) is 30.9 Å². The van der Waals surface area contributed by atoms with Crippen LogP contribution in [0.25, 0.3) is 0 Å². The van der Waals surface area contributed by atoms with Crippen LogP contribution in [0.5, 0.6) is 0 Å². The fourth-order valence-electron chi connectivity index (χ4n) is 2.57. The minimum absolute atomic E-state index is 0.0810. The molecule has 2 heterocycles. The Kier molecular flexibility index (Phi) is 4.76. The molecule has 1 aromatic heterocycles. The van der Waals surface area contributed by atoms with Crippen molar-refractivity contribution in [3.8, 4) is 0 Å². The third kappa shape index (κ3) is 3.54. The first-order valence-electron chi connectivity index (χ1n) is 7.57. The van der Waals surface area contributed by atoms with E-state index in [0.717, 1.165) is 0 Å². The maximum atomic E-state index is 12.2. The number of carbonyl (C=O) groups is 1. The normalized spacial score (nSPS) is 14.4. The van der Waals surface area contributed by atoms with Gasteiger partial charge >= 0.3 is 0 Å². The van der Waals surface area contributed by atoms with Crippen LogP contribution in [-0.4, -0.2) is 37.1 Å². The number of carbonyl (C=O) groups excluding carboxylic acids is 1. The Bertz CT molecular complexity index is 723. The Hall–Kier alpha value is -2.87. The number of ether oxygens (including phenoxy) is 1. The van der Waals surface area contributed by atoms with E-state index < -0.39 is 4.92 Å². The van der Waals surface area contributed by atoms with Crippen LogP contribution >= 0.6 is 0 Å². The molecule has 8 nitrogen and oxygen atoms in total. The summed E-state index contributed by atoms with van der Waals surface area (Å²) in [4.78, 5) is 25.0. The van der Waals surface area contributed by atoms with E-state index in [1.54, 1.807) is 24.3 Å². The van der Waals surface area contributed by atoms with Crippen molar-refractivity contribution in [3.05, 3.63) is 58.0 Å². The largest absolute Gasteiger partial charge is 0.467 e. The van der Waals surface area contributed by atoms with Crippen LogP contribution in [0.1, 0.15) is 16.1 Å². The van der Waals surface area contributed by atoms with Gasteiger partial charge < -0.3 is 19.4 Å². The number of morpholine rings is 1. The highest BCUT2D eigenvalue weighted by molar-refractivity contribution is 5.95. The zero-order valence-corrected chi connectivity index (χ0v) is 12.9. The second-order valence-electron chi connectivity index (χ2n) is 5.32. The molecule has 1 saturated heterocycles. The summed E-state index contributed by atoms with van der Waals surface area (Å²) in [5.41, 5.74) is 0.665. The predicted octanol–water partition coefficient (Wildman–Crippen LogP) is 1.95. The number of benzene rings is 1. The molecule has 3 rings (SSSR count). The highest BCUT2D eigenvalue weighted by Gasteiger charge is 2.23. The number of furan rings is 1. The minimum Gasteiger partial charge on any atom is -0.467 e. The molecule has 1 aliphatic heterocycles. The van der Waals surface area contributed by atoms with Gasteiger partial charge in [0.25, 0.3) is 11.6 Å². The van der Waals surface area contributed by atoms with Crippen molar-refractivity contribution in [1.29, 1.82) is 0 Å². The smallest absolute Gasteiger partial charge is 0.293 e. The molecule has 24 heavy (non-hydrogen) atoms. The van der Waals surface area contributed by atoms with Gasteiger partial charge in [0.2, 0.25) is 0 Å². The number of nitro groups is 1. The lowest BCUT2D eigenvalue weighted by atomic mass is 10.1. The summed E-state index contributed by atoms with van der Waals surface area (Å²) in [6.07, 6.45) is 1.52. The van der Waals surface area contributed by atoms with Gasteiger partial charge in [-0.05, 0) is 24.3 Å². The number of nitrogens with zero attached hydrogens (tertiary/aromatic N) is 2. The van der Waals surface area contributed by atoms with Crippen LogP contribution in [0.3, 0.4) is 0 Å². The van der Waals surface area contributed by atoms with E-state index >= 15 is 0 Å². The third-order valence-corrected chi connectivity index (χ3v) is 3.79. The zero-order valence-electron chi connectivity index (χ0n) is 12.9. The van der Waals surface area contributed by atoms with Gasteiger partial charge in [-0.25, -0.2) is 0 Å². The summed E-state index contributed by atoms with van der Waals surface area (Å²) >= 11 is 0. The average Bonchev–Trinajstić information content (AvgIpc) is 3.13. The van der Waals surface area contributed by atoms with Gasteiger partial charge in [0.1, 0.15) is 11.4 Å². The Morgan fingerprint density at radius 1 is 1.29 bits per heavy atom. The highest BCUT2D eigenvalue weighted by atomic mass is 16.6. The molecule has 1 amide bonds. The van der Waals surface area contributed by atoms with Crippen molar-refractivity contribution in [3.63, 3.8) is 0 Å². The summed E-state index contributed by atoms with van der Waals surface area (Å²) < 4.78 is 10.4. The van der Waals surface area contributed by atoms with Crippen molar-refractivity contribution in [1.82, 2.24) is 5.32 Å². The Balaban J connectivity index is 1.77. The molecule has 0 saturated carbocycles. The van der Waals surface area contributed by atoms with E-state index in [0.29, 0.717) is 37.8 Å². The van der Waals surface area contributed by atoms with Crippen molar-refractivity contribution in [2.45, 2.75) is 6.54 Å². The number of rotatable bonds is 5. The molecule has 1 aliphatic rings. The maximum Gasteiger partial charge on any atom is 0.293 e. The summed E-state index contributed by atoms with van der Waals surface area (Å²) in [6.45, 7) is 2.46. The molecule has 0 unspecified atom stereocenters. The lowest BCUT2D eigenvalue weighted by molar-refractivity contribution is -0.384. The van der Waals surface area contributed by atoms with Gasteiger partial charge in [-0.1, -0.05) is 0 Å². The number of nitrogens with one attached hydrogen (secondary N) is 1. The van der Waals surface area contributed by atoms with Crippen LogP contribution in [0.2, 0.25) is 0 Å². The molecule has 0 bridgehead atoms. The van der Waals surface area contributed by atoms with Crippen molar-refractivity contribution >= 4 is 17.3 Å². The molecule has 8 heteroatoms. The molecule has 0 spiro atoms. The SMILES string of the molecule is O=C(NCc1ccco1)c1ccc(N2CCOCC2)c([N+](=O)[O-])c1. The predicted molar refractivity (Wildman–Crippen MR) is 86.0 cm³/mol. The van der Waals surface area contributed by atoms with Crippen LogP contribution in [0.4, 0.5) is 11.4 Å². The lowest BCUT2D eigenvalue weighted by Gasteiger charge is -2.28. The quantitative estimate of drug-likeness (QED) is 0.664. The molecule has 1 N–H and O–H groups in total. The van der Waals surface area contributed by atoms with Crippen molar-refractivity contribution in [2.24, 2.45) is 0 Å². The van der Waals surface area contributed by atoms with E-state index in [-0.39, 0.29) is 23.7 Å². The second kappa shape index (κ2) is 7.14. The van der Waals surface area contributed by atoms with E-state index in [2.05, 4.69) is 5.32 Å². The van der Waals surface area contributed by atoms with Gasteiger partial charge in [0, 0.05) is 24.7 Å². The molecule has 0 atom stereocenters. The number of amides is 1. The van der Waals surface area contributed by atoms with Gasteiger partial charge in [-0.3, -0.25) is 14.9 Å². The molecule has 0 radical (unpaired) electrons. The number of hydrogen-bond donors (Lipinski definition) is 1. The van der Waals surface area contributed by atoms with Crippen LogP contribution in [0.15, 0.2) is 41.0 Å². The monoisotopic (exact) mass is 331 g/mol. The second-order valence-corrected chi connectivity index (χ2v) is 5.32. The van der Waals surface area contributed by atoms with Crippen LogP contribution in [0, 0.1) is 10.1 Å². The van der Waals surface area contributed by atoms with Gasteiger partial charge in [0.15, 0.2) is 0 Å². The first-order valence-corrected chi connectivity index (χ1v) is 7.57. The molecule has 0 aliphatic carbocycles. The summed E-state index contributed by atoms with van der Waals surface area (Å²) in [5, 5.41) is 14.1. The zero-order chi connectivity index (χ0) is 16.9. The average molecular weight is 331 g/mol. The van der Waals surface area contributed by atoms with Crippen LogP contribution in [-0.2, 0) is 11.3 Å². The maximum absolute atomic E-state index is 12.2. The Morgan fingerprint density at radius 2 is 2.08 bits per heavy atom. The minimum atomic E-state index is -0.464. The lowest BCUT2D eigenvalue weighted by Crippen LogP contribution is -2.36. The van der Waals surface area contributed by atoms with Gasteiger partial charge in [-0.15, -0.1) is 0 Å². The standard InChI is InChI=1S/C16H17N3O5/c20-16(17-11-13-2-1-7-24-13)12-3-4-14(15(10-12)19(21)22)18-5-8-23-9-6-18/h1-4,7,10H,5-6,8-9,11H2,(H,17,20). The molecular weight excluding hydrogens is 314 g/mol. The van der Waals surface area contributed by atoms with E-state index in [9.17, 15) is 14.9 Å². The first kappa shape index (κ1) is 16.0. The first-order chi connectivity index (χ1) is 11.6. The third-order valence-electron chi connectivity index (χ3n) is 3.79. The summed E-state index contributed by atoms with van der Waals surface area (Å²) in [7, 11) is 0. The molecule has 1 aromatic carbocycles. The molecule has 126 valence electrons. The number of hydrogen-bond acceptors (Lipinski definition) is 6. The Labute approximate surface area is 138 Å². The van der Waals surface area contributed by atoms with Crippen molar-refractivity contribution in [2.75, 3.05) is 31.2 Å². The number of anilines is 1. The summed E-state index contributed by atoms with van der Waals surface area (Å²) in [5.74, 6) is 0.228. The Morgan fingerprint density at radius 3 is 2.75 bits per heavy atom. The van der Waals surface area contributed by atoms with E-state index in [1.165, 1.54) is 12.3 Å². The molecule has 2 aromatic rings. The fourth-order valence-corrected chi connectivity index (χ4v) is 2.57. The van der Waals surface area contributed by atoms with Crippen LogP contribution < -0.4 is 10.2 Å². The van der Waals surface area contributed by atoms with Gasteiger partial charge in [-0.2, -0.15) is 0 Å². The topological polar surface area (TPSA) is 97.9 Å². The van der Waals surface area contributed by atoms with E-state index in [4.69, 9.17) is 9.15 Å². The fraction of sp³-hybridized carbons (Fsp3) is 0.312. The van der Waals surface area contributed by atoms with Crippen molar-refractivity contribution < 1.29 is 18.9 Å². The highest BCUT2D eigenvalue weighted by Crippen LogP contribution is 2.29. The molecule has 1 fully saturated rings.